The van der Waals surface area contributed by atoms with Gasteiger partial charge in [-0.2, -0.15) is 0 Å². The third kappa shape index (κ3) is 6.35. The lowest BCUT2D eigenvalue weighted by Crippen LogP contribution is -2.31. The maximum Gasteiger partial charge on any atom is 0.325 e. The van der Waals surface area contributed by atoms with Crippen LogP contribution in [0.2, 0.25) is 0 Å². The largest absolute Gasteiger partial charge is 0.424 e. The van der Waals surface area contributed by atoms with Crippen LogP contribution in [0.3, 0.4) is 0 Å². The number of para-hydroxylation sites is 2. The van der Waals surface area contributed by atoms with Crippen LogP contribution >= 0.6 is 0 Å². The van der Waals surface area contributed by atoms with E-state index in [4.69, 9.17) is 10.5 Å². The van der Waals surface area contributed by atoms with Gasteiger partial charge < -0.3 is 15.8 Å². The molecule has 4 N–H and O–H groups in total. The number of nitrogens with zero attached hydrogens (tertiary/aromatic N) is 2. The summed E-state index contributed by atoms with van der Waals surface area (Å²) in [6.45, 7) is 3.88. The van der Waals surface area contributed by atoms with Crippen molar-refractivity contribution in [3.63, 3.8) is 0 Å². The first-order valence-electron chi connectivity index (χ1n) is 9.95. The molecule has 31 heavy (non-hydrogen) atoms. The van der Waals surface area contributed by atoms with E-state index in [1.54, 1.807) is 36.4 Å². The summed E-state index contributed by atoms with van der Waals surface area (Å²) in [6.07, 6.45) is 0.0849. The zero-order chi connectivity index (χ0) is 22.2. The first-order chi connectivity index (χ1) is 14.9. The second-order valence-electron chi connectivity index (χ2n) is 7.33. The maximum atomic E-state index is 12.4. The molecule has 0 fully saturated rings. The van der Waals surface area contributed by atoms with Crippen LogP contribution in [-0.4, -0.2) is 28.2 Å². The minimum atomic E-state index is -0.538. The number of carbonyl (C=O) groups excluding carboxylic acids is 2. The number of benzene rings is 2. The number of aromatic nitrogens is 2. The number of ether oxygens (including phenoxy) is 1. The van der Waals surface area contributed by atoms with E-state index in [1.807, 2.05) is 44.2 Å². The van der Waals surface area contributed by atoms with Gasteiger partial charge in [-0.15, -0.1) is 10.2 Å². The van der Waals surface area contributed by atoms with Crippen molar-refractivity contribution in [3.8, 4) is 17.0 Å². The molecule has 0 aliphatic heterocycles. The fourth-order valence-electron chi connectivity index (χ4n) is 2.68. The number of hydrogen-bond donors (Lipinski definition) is 3. The summed E-state index contributed by atoms with van der Waals surface area (Å²) < 4.78 is 5.39. The van der Waals surface area contributed by atoms with Gasteiger partial charge in [0.05, 0.1) is 17.8 Å². The summed E-state index contributed by atoms with van der Waals surface area (Å²) in [5.74, 6) is 0.220. The van der Waals surface area contributed by atoms with Gasteiger partial charge in [-0.1, -0.05) is 56.3 Å². The predicted molar refractivity (Wildman–Crippen MR) is 120 cm³/mol. The van der Waals surface area contributed by atoms with Crippen LogP contribution in [0.5, 0.6) is 5.75 Å². The van der Waals surface area contributed by atoms with E-state index in [0.717, 1.165) is 5.56 Å². The summed E-state index contributed by atoms with van der Waals surface area (Å²) in [6, 6.07) is 18.9. The van der Waals surface area contributed by atoms with Gasteiger partial charge in [0.1, 0.15) is 0 Å². The molecule has 1 heterocycles. The molecule has 8 nitrogen and oxygen atoms in total. The Morgan fingerprint density at radius 2 is 1.65 bits per heavy atom. The van der Waals surface area contributed by atoms with E-state index in [0.29, 0.717) is 11.4 Å². The molecule has 0 bridgehead atoms. The van der Waals surface area contributed by atoms with E-state index in [9.17, 15) is 9.59 Å². The molecule has 0 saturated heterocycles. The highest BCUT2D eigenvalue weighted by atomic mass is 16.5. The van der Waals surface area contributed by atoms with Crippen molar-refractivity contribution in [2.45, 2.75) is 26.3 Å². The summed E-state index contributed by atoms with van der Waals surface area (Å²) in [5, 5.41) is 13.4. The molecule has 1 unspecified atom stereocenters. The Bertz CT molecular complexity index is 1020. The van der Waals surface area contributed by atoms with Gasteiger partial charge in [-0.3, -0.25) is 10.1 Å². The van der Waals surface area contributed by atoms with E-state index < -0.39 is 12.0 Å². The lowest BCUT2D eigenvalue weighted by Gasteiger charge is -2.16. The van der Waals surface area contributed by atoms with Crippen molar-refractivity contribution in [2.75, 3.05) is 10.6 Å². The Kier molecular flexibility index (Phi) is 7.29. The highest BCUT2D eigenvalue weighted by Crippen LogP contribution is 2.25. The van der Waals surface area contributed by atoms with Crippen LogP contribution in [0, 0.1) is 5.92 Å². The zero-order valence-corrected chi connectivity index (χ0v) is 17.4. The third-order valence-corrected chi connectivity index (χ3v) is 4.59. The van der Waals surface area contributed by atoms with E-state index in [1.165, 1.54) is 0 Å². The van der Waals surface area contributed by atoms with Crippen LogP contribution in [0.1, 0.15) is 20.3 Å². The van der Waals surface area contributed by atoms with Gasteiger partial charge in [-0.05, 0) is 30.2 Å². The van der Waals surface area contributed by atoms with Gasteiger partial charge >= 0.3 is 12.0 Å². The Morgan fingerprint density at radius 3 is 2.32 bits per heavy atom. The zero-order valence-electron chi connectivity index (χ0n) is 17.4. The van der Waals surface area contributed by atoms with Crippen molar-refractivity contribution in [3.05, 3.63) is 66.7 Å². The van der Waals surface area contributed by atoms with Crippen molar-refractivity contribution < 1.29 is 14.3 Å². The molecule has 0 aliphatic carbocycles. The van der Waals surface area contributed by atoms with Gasteiger partial charge in [0.2, 0.25) is 0 Å². The fraction of sp³-hybridized carbons (Fsp3) is 0.217. The van der Waals surface area contributed by atoms with Crippen LogP contribution in [0.4, 0.5) is 16.3 Å². The number of anilines is 2. The summed E-state index contributed by atoms with van der Waals surface area (Å²) in [5.41, 5.74) is 7.90. The first-order valence-corrected chi connectivity index (χ1v) is 9.95. The van der Waals surface area contributed by atoms with Gasteiger partial charge in [0, 0.05) is 11.6 Å². The highest BCUT2D eigenvalue weighted by molar-refractivity contribution is 6.00. The highest BCUT2D eigenvalue weighted by Gasteiger charge is 2.17. The molecule has 2 amide bonds. The van der Waals surface area contributed by atoms with Gasteiger partial charge in [0.25, 0.3) is 0 Å². The number of rotatable bonds is 7. The smallest absolute Gasteiger partial charge is 0.325 e. The van der Waals surface area contributed by atoms with E-state index in [2.05, 4.69) is 20.8 Å². The molecule has 1 atom stereocenters. The molecule has 0 saturated carbocycles. The molecule has 2 aromatic carbocycles. The van der Waals surface area contributed by atoms with E-state index >= 15 is 0 Å². The lowest BCUT2D eigenvalue weighted by atomic mass is 10.0. The normalized spacial score (nSPS) is 11.6. The summed E-state index contributed by atoms with van der Waals surface area (Å²) >= 11 is 0. The van der Waals surface area contributed by atoms with Crippen molar-refractivity contribution in [2.24, 2.45) is 11.7 Å². The average molecular weight is 419 g/mol. The molecule has 0 aliphatic rings. The number of esters is 1. The van der Waals surface area contributed by atoms with Crippen LogP contribution < -0.4 is 21.1 Å². The summed E-state index contributed by atoms with van der Waals surface area (Å²) in [4.78, 5) is 24.5. The molecule has 0 radical (unpaired) electrons. The Labute approximate surface area is 180 Å². The molecular formula is C23H25N5O3. The minimum absolute atomic E-state index is 0.0849. The maximum absolute atomic E-state index is 12.4. The molecule has 0 spiro atoms. The number of nitrogens with one attached hydrogen (secondary N) is 2. The minimum Gasteiger partial charge on any atom is -0.424 e. The first kappa shape index (κ1) is 21.9. The summed E-state index contributed by atoms with van der Waals surface area (Å²) in [7, 11) is 0. The molecule has 1 aromatic heterocycles. The second kappa shape index (κ2) is 10.3. The third-order valence-electron chi connectivity index (χ3n) is 4.59. The standard InChI is InChI=1S/C23H25N5O3/c1-15(2)17(24)14-22(29)31-20-11-7-6-10-19(20)25-23(30)26-21-13-12-18(27-28-21)16-8-4-3-5-9-16/h3-13,15,17H,14,24H2,1-2H3,(H2,25,26,28,30). The number of urea groups is 1. The van der Waals surface area contributed by atoms with Crippen LogP contribution in [-0.2, 0) is 4.79 Å². The second-order valence-corrected chi connectivity index (χ2v) is 7.33. The molecular weight excluding hydrogens is 394 g/mol. The van der Waals surface area contributed by atoms with E-state index in [-0.39, 0.29) is 29.9 Å². The van der Waals surface area contributed by atoms with Crippen LogP contribution in [0.15, 0.2) is 66.7 Å². The number of carbonyl (C=O) groups is 2. The Morgan fingerprint density at radius 1 is 0.935 bits per heavy atom. The van der Waals surface area contributed by atoms with Crippen molar-refractivity contribution in [1.29, 1.82) is 0 Å². The molecule has 160 valence electrons. The lowest BCUT2D eigenvalue weighted by molar-refractivity contribution is -0.134. The monoisotopic (exact) mass is 419 g/mol. The average Bonchev–Trinajstić information content (AvgIpc) is 2.76. The molecule has 3 aromatic rings. The Balaban J connectivity index is 1.61. The molecule has 8 heteroatoms. The van der Waals surface area contributed by atoms with Crippen molar-refractivity contribution in [1.82, 2.24) is 10.2 Å². The topological polar surface area (TPSA) is 119 Å². The molecule has 3 rings (SSSR count). The quantitative estimate of drug-likeness (QED) is 0.392. The Hall–Kier alpha value is -3.78. The number of hydrogen-bond acceptors (Lipinski definition) is 6. The number of nitrogens with two attached hydrogens (primary N) is 1. The SMILES string of the molecule is CC(C)C(N)CC(=O)Oc1ccccc1NC(=O)Nc1ccc(-c2ccccc2)nn1. The predicted octanol–water partition coefficient (Wildman–Crippen LogP) is 4.07. The van der Waals surface area contributed by atoms with Crippen molar-refractivity contribution >= 4 is 23.5 Å². The van der Waals surface area contributed by atoms with Gasteiger partial charge in [-0.25, -0.2) is 4.79 Å². The van der Waals surface area contributed by atoms with Crippen LogP contribution in [0.25, 0.3) is 11.3 Å². The fourth-order valence-corrected chi connectivity index (χ4v) is 2.68. The number of amides is 2. The van der Waals surface area contributed by atoms with Gasteiger partial charge in [0.15, 0.2) is 11.6 Å².